The number of carbonyl (C=O) groups is 1. The van der Waals surface area contributed by atoms with Crippen molar-refractivity contribution in [3.63, 3.8) is 0 Å². The maximum Gasteiger partial charge on any atom is 0.258 e. The summed E-state index contributed by atoms with van der Waals surface area (Å²) < 4.78 is 13.2. The van der Waals surface area contributed by atoms with Crippen LogP contribution in [0.5, 0.6) is 0 Å². The lowest BCUT2D eigenvalue weighted by atomic mass is 9.98. The van der Waals surface area contributed by atoms with Crippen molar-refractivity contribution < 1.29 is 9.18 Å². The summed E-state index contributed by atoms with van der Waals surface area (Å²) >= 11 is 0. The molecule has 1 heterocycles. The highest BCUT2D eigenvalue weighted by Gasteiger charge is 2.29. The predicted molar refractivity (Wildman–Crippen MR) is 107 cm³/mol. The minimum Gasteiger partial charge on any atom is -0.355 e. The Morgan fingerprint density at radius 3 is 2.33 bits per heavy atom. The summed E-state index contributed by atoms with van der Waals surface area (Å²) in [4.78, 5) is 14.9. The Bertz CT molecular complexity index is 996. The molecule has 0 radical (unpaired) electrons. The summed E-state index contributed by atoms with van der Waals surface area (Å²) in [6.45, 7) is 1.98. The van der Waals surface area contributed by atoms with E-state index in [2.05, 4.69) is 5.32 Å². The average Bonchev–Trinajstić information content (AvgIpc) is 2.69. The molecule has 1 amide bonds. The molecular weight excluding hydrogens is 339 g/mol. The zero-order valence-electron chi connectivity index (χ0n) is 14.9. The predicted octanol–water partition coefficient (Wildman–Crippen LogP) is 5.33. The Hall–Kier alpha value is -3.40. The van der Waals surface area contributed by atoms with Crippen molar-refractivity contribution in [3.8, 4) is 0 Å². The fourth-order valence-corrected chi connectivity index (χ4v) is 3.35. The molecule has 3 nitrogen and oxygen atoms in total. The van der Waals surface area contributed by atoms with Crippen molar-refractivity contribution in [1.29, 1.82) is 0 Å². The highest BCUT2D eigenvalue weighted by Crippen LogP contribution is 2.35. The Morgan fingerprint density at radius 2 is 1.59 bits per heavy atom. The van der Waals surface area contributed by atoms with Gasteiger partial charge in [0, 0.05) is 22.5 Å². The maximum atomic E-state index is 13.2. The van der Waals surface area contributed by atoms with Gasteiger partial charge < -0.3 is 10.2 Å². The second-order valence-electron chi connectivity index (χ2n) is 6.51. The molecular formula is C23H19FN2O. The van der Waals surface area contributed by atoms with Gasteiger partial charge in [0.05, 0.1) is 11.7 Å². The lowest BCUT2D eigenvalue weighted by molar-refractivity contribution is 0.0982. The monoisotopic (exact) mass is 358 g/mol. The largest absolute Gasteiger partial charge is 0.355 e. The Kier molecular flexibility index (Phi) is 4.47. The fourth-order valence-electron chi connectivity index (χ4n) is 3.35. The number of nitrogens with zero attached hydrogens (tertiary/aromatic N) is 1. The molecule has 0 fully saturated rings. The minimum absolute atomic E-state index is 0.148. The first kappa shape index (κ1) is 17.0. The third-order valence-electron chi connectivity index (χ3n) is 4.63. The van der Waals surface area contributed by atoms with Gasteiger partial charge in [-0.15, -0.1) is 0 Å². The lowest BCUT2D eigenvalue weighted by Crippen LogP contribution is -2.40. The van der Waals surface area contributed by atoms with Gasteiger partial charge in [-0.3, -0.25) is 4.79 Å². The normalized spacial score (nSPS) is 15.7. The molecule has 1 aliphatic heterocycles. The molecule has 4 rings (SSSR count). The number of nitrogens with one attached hydrogen (secondary N) is 1. The Balaban J connectivity index is 1.72. The fraction of sp³-hybridized carbons (Fsp3) is 0.0870. The van der Waals surface area contributed by atoms with E-state index in [9.17, 15) is 9.18 Å². The van der Waals surface area contributed by atoms with E-state index in [4.69, 9.17) is 0 Å². The summed E-state index contributed by atoms with van der Waals surface area (Å²) in [6, 6.07) is 23.3. The number of hydrogen-bond donors (Lipinski definition) is 1. The topological polar surface area (TPSA) is 32.3 Å². The number of carbonyl (C=O) groups excluding carboxylic acids is 1. The van der Waals surface area contributed by atoms with E-state index in [0.717, 1.165) is 22.6 Å². The van der Waals surface area contributed by atoms with Crippen molar-refractivity contribution in [1.82, 2.24) is 0 Å². The summed E-state index contributed by atoms with van der Waals surface area (Å²) in [6.07, 6.45) is 2.04. The number of anilines is 2. The van der Waals surface area contributed by atoms with Gasteiger partial charge in [0.25, 0.3) is 5.91 Å². The van der Waals surface area contributed by atoms with Crippen molar-refractivity contribution in [2.24, 2.45) is 0 Å². The van der Waals surface area contributed by atoms with Gasteiger partial charge in [-0.25, -0.2) is 4.39 Å². The molecule has 0 saturated heterocycles. The molecule has 0 bridgehead atoms. The zero-order chi connectivity index (χ0) is 18.8. The van der Waals surface area contributed by atoms with E-state index < -0.39 is 0 Å². The third-order valence-corrected chi connectivity index (χ3v) is 4.63. The van der Waals surface area contributed by atoms with Crippen molar-refractivity contribution in [3.05, 3.63) is 102 Å². The first-order valence-corrected chi connectivity index (χ1v) is 8.86. The van der Waals surface area contributed by atoms with E-state index >= 15 is 0 Å². The van der Waals surface area contributed by atoms with Crippen molar-refractivity contribution in [2.75, 3.05) is 10.2 Å². The molecule has 3 aromatic carbocycles. The number of fused-ring (bicyclic) bond motifs is 1. The second kappa shape index (κ2) is 7.08. The summed E-state index contributed by atoms with van der Waals surface area (Å²) in [5, 5.41) is 3.45. The number of rotatable bonds is 3. The first-order chi connectivity index (χ1) is 13.1. The Labute approximate surface area is 157 Å². The second-order valence-corrected chi connectivity index (χ2v) is 6.51. The van der Waals surface area contributed by atoms with Gasteiger partial charge in [-0.05, 0) is 55.5 Å². The summed E-state index contributed by atoms with van der Waals surface area (Å²) in [7, 11) is 0. The van der Waals surface area contributed by atoms with Crippen LogP contribution in [0.3, 0.4) is 0 Å². The molecule has 27 heavy (non-hydrogen) atoms. The number of halogens is 1. The Morgan fingerprint density at radius 1 is 0.926 bits per heavy atom. The molecule has 1 aliphatic rings. The molecule has 0 saturated carbocycles. The van der Waals surface area contributed by atoms with E-state index in [1.165, 1.54) is 24.3 Å². The van der Waals surface area contributed by atoms with Crippen LogP contribution in [0.25, 0.3) is 5.70 Å². The van der Waals surface area contributed by atoms with E-state index in [0.29, 0.717) is 5.56 Å². The van der Waals surface area contributed by atoms with Gasteiger partial charge >= 0.3 is 0 Å². The average molecular weight is 358 g/mol. The van der Waals surface area contributed by atoms with Crippen LogP contribution in [-0.2, 0) is 0 Å². The number of amides is 1. The lowest BCUT2D eigenvalue weighted by Gasteiger charge is -2.34. The highest BCUT2D eigenvalue weighted by atomic mass is 19.1. The molecule has 0 unspecified atom stereocenters. The quantitative estimate of drug-likeness (QED) is 0.686. The van der Waals surface area contributed by atoms with Crippen molar-refractivity contribution in [2.45, 2.75) is 13.0 Å². The molecule has 134 valence electrons. The summed E-state index contributed by atoms with van der Waals surface area (Å²) in [5.41, 5.74) is 4.21. The molecule has 0 aliphatic carbocycles. The third kappa shape index (κ3) is 3.34. The maximum absolute atomic E-state index is 13.2. The van der Waals surface area contributed by atoms with Crippen LogP contribution < -0.4 is 10.2 Å². The summed E-state index contributed by atoms with van der Waals surface area (Å²) in [5.74, 6) is -0.502. The molecule has 0 spiro atoms. The van der Waals surface area contributed by atoms with Crippen molar-refractivity contribution >= 4 is 23.0 Å². The molecule has 1 N–H and O–H groups in total. The zero-order valence-corrected chi connectivity index (χ0v) is 14.9. The van der Waals surface area contributed by atoms with E-state index in [1.807, 2.05) is 67.6 Å². The van der Waals surface area contributed by atoms with Gasteiger partial charge in [0.2, 0.25) is 0 Å². The standard InChI is InChI=1S/C23H19FN2O/c1-16-15-21(25-19-7-3-2-4-8-19)20-9-5-6-10-22(20)26(16)23(27)17-11-13-18(24)14-12-17/h2-16,25H,1H3/t16-/m1/s1. The molecule has 1 atom stereocenters. The van der Waals surface area contributed by atoms with Gasteiger partial charge in [-0.1, -0.05) is 36.4 Å². The highest BCUT2D eigenvalue weighted by molar-refractivity contribution is 6.09. The van der Waals surface area contributed by atoms with Crippen LogP contribution >= 0.6 is 0 Å². The molecule has 4 heteroatoms. The number of benzene rings is 3. The smallest absolute Gasteiger partial charge is 0.258 e. The van der Waals surface area contributed by atoms with E-state index in [-0.39, 0.29) is 17.8 Å². The van der Waals surface area contributed by atoms with Gasteiger partial charge in [0.15, 0.2) is 0 Å². The van der Waals surface area contributed by atoms with Crippen LogP contribution in [0.2, 0.25) is 0 Å². The minimum atomic E-state index is -0.354. The van der Waals surface area contributed by atoms with E-state index in [1.54, 1.807) is 4.90 Å². The number of hydrogen-bond acceptors (Lipinski definition) is 2. The first-order valence-electron chi connectivity index (χ1n) is 8.86. The molecule has 3 aromatic rings. The van der Waals surface area contributed by atoms with Gasteiger partial charge in [-0.2, -0.15) is 0 Å². The molecule has 0 aromatic heterocycles. The SMILES string of the molecule is C[C@@H]1C=C(Nc2ccccc2)c2ccccc2N1C(=O)c1ccc(F)cc1. The van der Waals surface area contributed by atoms with Crippen LogP contribution in [0, 0.1) is 5.82 Å². The number of para-hydroxylation sites is 2. The van der Waals surface area contributed by atoms with Crippen LogP contribution in [-0.4, -0.2) is 11.9 Å². The van der Waals surface area contributed by atoms with Crippen LogP contribution in [0.1, 0.15) is 22.8 Å². The van der Waals surface area contributed by atoms with Crippen LogP contribution in [0.15, 0.2) is 84.9 Å². The van der Waals surface area contributed by atoms with Gasteiger partial charge in [0.1, 0.15) is 5.82 Å². The van der Waals surface area contributed by atoms with Crippen LogP contribution in [0.4, 0.5) is 15.8 Å².